The van der Waals surface area contributed by atoms with Crippen molar-refractivity contribution in [2.24, 2.45) is 0 Å². The molecule has 2 amide bonds. The van der Waals surface area contributed by atoms with Crippen LogP contribution >= 0.6 is 0 Å². The van der Waals surface area contributed by atoms with Crippen molar-refractivity contribution in [1.29, 1.82) is 0 Å². The van der Waals surface area contributed by atoms with Gasteiger partial charge in [0.05, 0.1) is 6.04 Å². The molecule has 0 unspecified atom stereocenters. The number of hydrogen-bond acceptors (Lipinski definition) is 6. The molecular weight excluding hydrogens is 347 g/mol. The average molecular weight is 360 g/mol. The minimum atomic E-state index is -4.82. The Morgan fingerprint density at radius 1 is 1.29 bits per heavy atom. The SMILES string of the molecule is O=C(/C=C/c1ccc(O)cc1)N1CC[C@@H]2[C@H]1C(=O)N2S(=O)(=O)[O-].[Na+]. The van der Waals surface area contributed by atoms with E-state index < -0.39 is 34.2 Å². The molecule has 10 heteroatoms. The maximum atomic E-state index is 12.2. The molecule has 2 aliphatic heterocycles. The quantitative estimate of drug-likeness (QED) is 0.261. The minimum absolute atomic E-state index is 0. The van der Waals surface area contributed by atoms with Crippen LogP contribution in [0, 0.1) is 0 Å². The van der Waals surface area contributed by atoms with Gasteiger partial charge in [-0.1, -0.05) is 12.1 Å². The van der Waals surface area contributed by atoms with E-state index in [9.17, 15) is 27.7 Å². The van der Waals surface area contributed by atoms with E-state index in [1.165, 1.54) is 29.2 Å². The Hall–Kier alpha value is -1.39. The molecule has 2 aliphatic rings. The van der Waals surface area contributed by atoms with Gasteiger partial charge in [-0.2, -0.15) is 0 Å². The fourth-order valence-electron chi connectivity index (χ4n) is 2.90. The van der Waals surface area contributed by atoms with Gasteiger partial charge in [0.15, 0.2) is 10.3 Å². The summed E-state index contributed by atoms with van der Waals surface area (Å²) in [6.07, 6.45) is 3.06. The fraction of sp³-hybridized carbons (Fsp3) is 0.286. The first-order chi connectivity index (χ1) is 10.8. The van der Waals surface area contributed by atoms with E-state index in [1.54, 1.807) is 12.1 Å². The summed E-state index contributed by atoms with van der Waals surface area (Å²) >= 11 is 0. The van der Waals surface area contributed by atoms with E-state index in [4.69, 9.17) is 0 Å². The summed E-state index contributed by atoms with van der Waals surface area (Å²) in [5.41, 5.74) is 0.690. The molecule has 1 aromatic rings. The summed E-state index contributed by atoms with van der Waals surface area (Å²) in [6, 6.07) is 4.55. The molecule has 122 valence electrons. The smallest absolute Gasteiger partial charge is 0.731 e. The van der Waals surface area contributed by atoms with Gasteiger partial charge in [-0.25, -0.2) is 12.7 Å². The molecule has 0 spiro atoms. The first-order valence-corrected chi connectivity index (χ1v) is 8.22. The predicted molar refractivity (Wildman–Crippen MR) is 77.6 cm³/mol. The maximum absolute atomic E-state index is 12.2. The Bertz CT molecular complexity index is 792. The molecule has 2 fully saturated rings. The zero-order chi connectivity index (χ0) is 16.8. The summed E-state index contributed by atoms with van der Waals surface area (Å²) in [5.74, 6) is -1.18. The van der Waals surface area contributed by atoms with Crippen LogP contribution in [0.1, 0.15) is 12.0 Å². The molecule has 2 atom stereocenters. The summed E-state index contributed by atoms with van der Waals surface area (Å²) in [4.78, 5) is 25.3. The number of fused-ring (bicyclic) bond motifs is 1. The van der Waals surface area contributed by atoms with Crippen molar-refractivity contribution < 1.29 is 57.2 Å². The summed E-state index contributed by atoms with van der Waals surface area (Å²) in [7, 11) is -4.82. The number of phenolic OH excluding ortho intramolecular Hbond substituents is 1. The van der Waals surface area contributed by atoms with Crippen molar-refractivity contribution in [2.75, 3.05) is 6.54 Å². The van der Waals surface area contributed by atoms with Gasteiger partial charge in [0.1, 0.15) is 11.8 Å². The second kappa shape index (κ2) is 6.85. The Morgan fingerprint density at radius 3 is 2.50 bits per heavy atom. The molecule has 0 aromatic heterocycles. The van der Waals surface area contributed by atoms with E-state index >= 15 is 0 Å². The standard InChI is InChI=1S/C14H14N2O6S.Na/c17-10-4-1-9(2-5-10)3-6-12(18)15-8-7-11-13(15)14(19)16(11)23(20,21)22;/h1-6,11,13,17H,7-8H2,(H,20,21,22);/q;+1/p-1/b6-3+;/t11-,13+;/m1./s1. The second-order valence-corrected chi connectivity index (χ2v) is 6.60. The van der Waals surface area contributed by atoms with Crippen molar-refractivity contribution in [3.05, 3.63) is 35.9 Å². The Labute approximate surface area is 160 Å². The van der Waals surface area contributed by atoms with E-state index in [2.05, 4.69) is 0 Å². The number of rotatable bonds is 3. The molecular formula is C14H13N2NaO6S. The number of amides is 2. The van der Waals surface area contributed by atoms with Gasteiger partial charge in [-0.05, 0) is 30.2 Å². The molecule has 0 saturated carbocycles. The van der Waals surface area contributed by atoms with Crippen LogP contribution in [-0.2, 0) is 19.9 Å². The monoisotopic (exact) mass is 360 g/mol. The molecule has 1 N–H and O–H groups in total. The average Bonchev–Trinajstić information content (AvgIpc) is 2.83. The molecule has 2 heterocycles. The van der Waals surface area contributed by atoms with E-state index in [0.29, 0.717) is 9.87 Å². The van der Waals surface area contributed by atoms with Crippen molar-refractivity contribution in [2.45, 2.75) is 18.5 Å². The molecule has 1 aromatic carbocycles. The number of phenols is 1. The van der Waals surface area contributed by atoms with Crippen LogP contribution in [0.5, 0.6) is 5.75 Å². The summed E-state index contributed by atoms with van der Waals surface area (Å²) in [6.45, 7) is 0.214. The van der Waals surface area contributed by atoms with Crippen LogP contribution in [0.2, 0.25) is 0 Å². The summed E-state index contributed by atoms with van der Waals surface area (Å²) < 4.78 is 33.3. The molecule has 24 heavy (non-hydrogen) atoms. The van der Waals surface area contributed by atoms with Crippen LogP contribution < -0.4 is 29.6 Å². The van der Waals surface area contributed by atoms with Crippen LogP contribution in [0.25, 0.3) is 6.08 Å². The number of nitrogens with zero attached hydrogens (tertiary/aromatic N) is 2. The van der Waals surface area contributed by atoms with Crippen molar-refractivity contribution in [3.63, 3.8) is 0 Å². The largest absolute Gasteiger partial charge is 1.00 e. The van der Waals surface area contributed by atoms with Crippen molar-refractivity contribution in [1.82, 2.24) is 9.21 Å². The van der Waals surface area contributed by atoms with E-state index in [1.807, 2.05) is 0 Å². The molecule has 3 rings (SSSR count). The van der Waals surface area contributed by atoms with Gasteiger partial charge in [-0.15, -0.1) is 0 Å². The third-order valence-electron chi connectivity index (χ3n) is 3.97. The minimum Gasteiger partial charge on any atom is -0.731 e. The topological polar surface area (TPSA) is 118 Å². The molecule has 2 saturated heterocycles. The Morgan fingerprint density at radius 2 is 1.92 bits per heavy atom. The number of β-lactam (4-membered cyclic amide) rings is 1. The van der Waals surface area contributed by atoms with Crippen LogP contribution in [0.3, 0.4) is 0 Å². The maximum Gasteiger partial charge on any atom is 1.00 e. The Kier molecular flexibility index (Phi) is 5.41. The molecule has 0 aliphatic carbocycles. The van der Waals surface area contributed by atoms with Gasteiger partial charge < -0.3 is 14.6 Å². The van der Waals surface area contributed by atoms with Crippen LogP contribution in [0.4, 0.5) is 0 Å². The number of hydrogen-bond donors (Lipinski definition) is 1. The molecule has 8 nitrogen and oxygen atoms in total. The first kappa shape index (κ1) is 18.9. The van der Waals surface area contributed by atoms with E-state index in [-0.39, 0.29) is 48.3 Å². The zero-order valence-corrected chi connectivity index (χ0v) is 15.6. The second-order valence-electron chi connectivity index (χ2n) is 5.35. The van der Waals surface area contributed by atoms with Crippen molar-refractivity contribution in [3.8, 4) is 5.75 Å². The third kappa shape index (κ3) is 3.35. The van der Waals surface area contributed by atoms with E-state index in [0.717, 1.165) is 0 Å². The first-order valence-electron chi connectivity index (χ1n) is 6.86. The predicted octanol–water partition coefficient (Wildman–Crippen LogP) is -3.32. The number of aromatic hydroxyl groups is 1. The number of likely N-dealkylation sites (tertiary alicyclic amines) is 1. The van der Waals surface area contributed by atoms with Gasteiger partial charge in [0.25, 0.3) is 5.91 Å². The normalized spacial score (nSPS) is 23.0. The van der Waals surface area contributed by atoms with Crippen LogP contribution in [-0.4, -0.2) is 57.7 Å². The van der Waals surface area contributed by atoms with Gasteiger partial charge in [0.2, 0.25) is 5.91 Å². The fourth-order valence-corrected chi connectivity index (χ4v) is 3.78. The van der Waals surface area contributed by atoms with Crippen LogP contribution in [0.15, 0.2) is 30.3 Å². The summed E-state index contributed by atoms with van der Waals surface area (Å²) in [5, 5.41) is 9.18. The number of carbonyl (C=O) groups is 2. The van der Waals surface area contributed by atoms with Crippen molar-refractivity contribution >= 4 is 28.2 Å². The van der Waals surface area contributed by atoms with Gasteiger partial charge >= 0.3 is 29.6 Å². The number of benzene rings is 1. The van der Waals surface area contributed by atoms with Gasteiger partial charge in [-0.3, -0.25) is 9.59 Å². The van der Waals surface area contributed by atoms with Gasteiger partial charge in [0, 0.05) is 12.6 Å². The molecule has 0 radical (unpaired) electrons. The third-order valence-corrected chi connectivity index (χ3v) is 4.91. The zero-order valence-electron chi connectivity index (χ0n) is 12.8. The Balaban J connectivity index is 0.00000208. The number of carbonyl (C=O) groups excluding carboxylic acids is 2. The molecule has 0 bridgehead atoms.